The van der Waals surface area contributed by atoms with Crippen molar-refractivity contribution in [3.05, 3.63) is 39.2 Å². The molecular weight excluding hydrogens is 496 g/mol. The van der Waals surface area contributed by atoms with Crippen LogP contribution in [0.15, 0.2) is 23.2 Å². The number of nitrogens with zero attached hydrogens (tertiary/aromatic N) is 2. The number of hydrogen-bond donors (Lipinski definition) is 0. The fraction of sp³-hybridized carbons (Fsp3) is 0.375. The zero-order chi connectivity index (χ0) is 23.6. The minimum atomic E-state index is -4.90. The number of rotatable bonds is 5. The number of carbonyl (C=O) groups excluding carboxylic acids is 1. The fourth-order valence-corrected chi connectivity index (χ4v) is 5.22. The SMILES string of the molecule is CCS(=O)(=O)c1cc(C(F)(F)F)cnc1N1Cc2cc(C(F)(F)C(F)(F)P)sc2C1=O. The molecule has 1 unspecified atom stereocenters. The molecule has 0 spiro atoms. The van der Waals surface area contributed by atoms with Gasteiger partial charge in [0.05, 0.1) is 27.6 Å². The second-order valence-electron chi connectivity index (χ2n) is 6.50. The third-order valence-corrected chi connectivity index (χ3v) is 7.76. The van der Waals surface area contributed by atoms with Gasteiger partial charge in [0.2, 0.25) is 0 Å². The van der Waals surface area contributed by atoms with Crippen LogP contribution < -0.4 is 4.90 Å². The van der Waals surface area contributed by atoms with Gasteiger partial charge in [-0.1, -0.05) is 16.2 Å². The summed E-state index contributed by atoms with van der Waals surface area (Å²) in [6, 6.07) is 1.03. The number of amides is 1. The van der Waals surface area contributed by atoms with Crippen LogP contribution in [0.25, 0.3) is 0 Å². The summed E-state index contributed by atoms with van der Waals surface area (Å²) in [5, 5.41) is 0. The summed E-state index contributed by atoms with van der Waals surface area (Å²) in [7, 11) is -3.54. The molecule has 1 aliphatic heterocycles. The Morgan fingerprint density at radius 3 is 2.26 bits per heavy atom. The Morgan fingerprint density at radius 1 is 1.16 bits per heavy atom. The second-order valence-corrected chi connectivity index (χ2v) is 10.5. The maximum Gasteiger partial charge on any atom is 0.417 e. The van der Waals surface area contributed by atoms with Crippen LogP contribution in [-0.4, -0.2) is 30.7 Å². The summed E-state index contributed by atoms with van der Waals surface area (Å²) in [6.45, 7) is 0.660. The van der Waals surface area contributed by atoms with Crippen LogP contribution in [0.3, 0.4) is 0 Å². The van der Waals surface area contributed by atoms with Gasteiger partial charge in [0.25, 0.3) is 5.91 Å². The van der Waals surface area contributed by atoms with Crippen LogP contribution in [0.1, 0.15) is 32.6 Å². The molecule has 0 saturated carbocycles. The van der Waals surface area contributed by atoms with E-state index in [0.717, 1.165) is 9.24 Å². The van der Waals surface area contributed by atoms with Gasteiger partial charge in [-0.05, 0) is 17.7 Å². The average molecular weight is 508 g/mol. The van der Waals surface area contributed by atoms with Crippen LogP contribution in [0.4, 0.5) is 36.6 Å². The van der Waals surface area contributed by atoms with Crippen molar-refractivity contribution < 1.29 is 43.9 Å². The molecule has 0 N–H and O–H groups in total. The average Bonchev–Trinajstić information content (AvgIpc) is 3.19. The molecule has 1 aliphatic rings. The van der Waals surface area contributed by atoms with E-state index in [1.165, 1.54) is 6.92 Å². The Hall–Kier alpha value is -1.79. The summed E-state index contributed by atoms with van der Waals surface area (Å²) < 4.78 is 118. The summed E-state index contributed by atoms with van der Waals surface area (Å²) >= 11 is 0.0971. The van der Waals surface area contributed by atoms with Crippen molar-refractivity contribution in [2.45, 2.75) is 36.1 Å². The zero-order valence-electron chi connectivity index (χ0n) is 15.3. The molecule has 0 fully saturated rings. The number of aromatic nitrogens is 1. The number of sulfone groups is 1. The first-order chi connectivity index (χ1) is 14.0. The molecule has 1 atom stereocenters. The Balaban J connectivity index is 2.07. The van der Waals surface area contributed by atoms with Crippen molar-refractivity contribution in [1.82, 2.24) is 4.98 Å². The van der Waals surface area contributed by atoms with E-state index < -0.39 is 67.0 Å². The van der Waals surface area contributed by atoms with Crippen molar-refractivity contribution in [3.8, 4) is 0 Å². The predicted molar refractivity (Wildman–Crippen MR) is 100 cm³/mol. The maximum absolute atomic E-state index is 13.9. The van der Waals surface area contributed by atoms with Gasteiger partial charge >= 0.3 is 17.8 Å². The monoisotopic (exact) mass is 508 g/mol. The molecule has 0 bridgehead atoms. The molecule has 3 heterocycles. The molecule has 2 aromatic rings. The van der Waals surface area contributed by atoms with Crippen molar-refractivity contribution in [2.24, 2.45) is 0 Å². The largest absolute Gasteiger partial charge is 0.417 e. The van der Waals surface area contributed by atoms with E-state index in [1.807, 2.05) is 0 Å². The highest BCUT2D eigenvalue weighted by atomic mass is 32.2. The van der Waals surface area contributed by atoms with Crippen LogP contribution in [0.5, 0.6) is 0 Å². The first kappa shape index (κ1) is 23.9. The molecule has 1 amide bonds. The van der Waals surface area contributed by atoms with E-state index in [1.54, 1.807) is 0 Å². The van der Waals surface area contributed by atoms with Gasteiger partial charge in [0, 0.05) is 6.20 Å². The van der Waals surface area contributed by atoms with Gasteiger partial charge in [-0.3, -0.25) is 9.69 Å². The van der Waals surface area contributed by atoms with Crippen molar-refractivity contribution >= 4 is 42.1 Å². The van der Waals surface area contributed by atoms with E-state index in [2.05, 4.69) is 4.98 Å². The molecule has 2 aromatic heterocycles. The predicted octanol–water partition coefficient (Wildman–Crippen LogP) is 4.68. The molecule has 0 radical (unpaired) electrons. The number of halogens is 7. The molecule has 0 aromatic carbocycles. The number of hydrogen-bond acceptors (Lipinski definition) is 5. The molecule has 0 saturated heterocycles. The molecule has 5 nitrogen and oxygen atoms in total. The van der Waals surface area contributed by atoms with E-state index in [9.17, 15) is 43.9 Å². The number of fused-ring (bicyclic) bond motifs is 1. The molecule has 31 heavy (non-hydrogen) atoms. The molecule has 15 heteroatoms. The summed E-state index contributed by atoms with van der Waals surface area (Å²) in [4.78, 5) is 14.6. The van der Waals surface area contributed by atoms with Gasteiger partial charge in [-0.15, -0.1) is 11.3 Å². The maximum atomic E-state index is 13.9. The summed E-state index contributed by atoms with van der Waals surface area (Å²) in [5.41, 5.74) is -5.93. The Kier molecular flexibility index (Phi) is 5.68. The normalized spacial score (nSPS) is 15.5. The van der Waals surface area contributed by atoms with Gasteiger partial charge in [0.1, 0.15) is 4.90 Å². The third kappa shape index (κ3) is 4.05. The van der Waals surface area contributed by atoms with Crippen molar-refractivity contribution in [1.29, 1.82) is 0 Å². The molecular formula is C16H12F7N2O3PS2. The van der Waals surface area contributed by atoms with Crippen LogP contribution in [0.2, 0.25) is 0 Å². The second kappa shape index (κ2) is 7.38. The standard InChI is InChI=1S/C16H12F7N2O3PS2/c1-2-31(27,28)9-4-8(15(19,20)21)5-24-12(9)25-6-7-3-10(30-11(7)13(25)26)14(17,18)16(22,23)29/h3-5H,2,6,29H2,1H3. The van der Waals surface area contributed by atoms with Crippen LogP contribution in [0, 0.1) is 0 Å². The van der Waals surface area contributed by atoms with E-state index in [-0.39, 0.29) is 21.8 Å². The fourth-order valence-electron chi connectivity index (χ4n) is 2.76. The van der Waals surface area contributed by atoms with Crippen molar-refractivity contribution in [3.63, 3.8) is 0 Å². The van der Waals surface area contributed by atoms with E-state index in [4.69, 9.17) is 0 Å². The number of pyridine rings is 1. The minimum Gasteiger partial charge on any atom is -0.286 e. The van der Waals surface area contributed by atoms with Crippen LogP contribution >= 0.6 is 20.6 Å². The third-order valence-electron chi connectivity index (χ3n) is 4.44. The summed E-state index contributed by atoms with van der Waals surface area (Å²) in [6.07, 6.45) is -4.56. The Bertz CT molecular complexity index is 1160. The lowest BCUT2D eigenvalue weighted by Gasteiger charge is -2.22. The molecule has 0 aliphatic carbocycles. The number of anilines is 1. The topological polar surface area (TPSA) is 67.3 Å². The van der Waals surface area contributed by atoms with Gasteiger partial charge < -0.3 is 0 Å². The lowest BCUT2D eigenvalue weighted by molar-refractivity contribution is -0.157. The number of carbonyl (C=O) groups is 1. The Morgan fingerprint density at radius 2 is 1.77 bits per heavy atom. The van der Waals surface area contributed by atoms with Crippen LogP contribution in [-0.2, 0) is 28.5 Å². The Labute approximate surface area is 177 Å². The van der Waals surface area contributed by atoms with Gasteiger partial charge in [-0.2, -0.15) is 30.7 Å². The van der Waals surface area contributed by atoms with E-state index >= 15 is 0 Å². The molecule has 170 valence electrons. The highest BCUT2D eigenvalue weighted by molar-refractivity contribution is 7.91. The lowest BCUT2D eigenvalue weighted by atomic mass is 10.2. The van der Waals surface area contributed by atoms with Gasteiger partial charge in [0.15, 0.2) is 15.7 Å². The molecule has 3 rings (SSSR count). The smallest absolute Gasteiger partial charge is 0.286 e. The lowest BCUT2D eigenvalue weighted by Crippen LogP contribution is -2.31. The van der Waals surface area contributed by atoms with E-state index in [0.29, 0.717) is 23.2 Å². The van der Waals surface area contributed by atoms with Gasteiger partial charge in [-0.25, -0.2) is 13.4 Å². The summed E-state index contributed by atoms with van der Waals surface area (Å²) in [5.74, 6) is -6.81. The van der Waals surface area contributed by atoms with Crippen molar-refractivity contribution in [2.75, 3.05) is 10.7 Å². The highest BCUT2D eigenvalue weighted by Gasteiger charge is 2.55. The number of alkyl halides is 7. The number of thiophene rings is 1. The first-order valence-corrected chi connectivity index (χ1v) is 11.3. The minimum absolute atomic E-state index is 0.0968. The quantitative estimate of drug-likeness (QED) is 0.435. The zero-order valence-corrected chi connectivity index (χ0v) is 18.1. The highest BCUT2D eigenvalue weighted by Crippen LogP contribution is 2.51. The first-order valence-electron chi connectivity index (χ1n) is 8.30.